The molecule has 0 radical (unpaired) electrons. The first-order valence-corrected chi connectivity index (χ1v) is 8.50. The van der Waals surface area contributed by atoms with Crippen molar-refractivity contribution in [3.05, 3.63) is 48.5 Å². The highest BCUT2D eigenvalue weighted by Gasteiger charge is 2.25. The Bertz CT molecular complexity index is 659. The number of nitrogens with zero attached hydrogens (tertiary/aromatic N) is 1. The lowest BCUT2D eigenvalue weighted by Gasteiger charge is -2.14. The third-order valence-corrected chi connectivity index (χ3v) is 4.14. The molecule has 0 atom stereocenters. The first kappa shape index (κ1) is 18.5. The minimum Gasteiger partial charge on any atom is -0.426 e. The summed E-state index contributed by atoms with van der Waals surface area (Å²) in [5.74, 6) is 0.944. The molecule has 0 aromatic heterocycles. The van der Waals surface area contributed by atoms with E-state index in [1.165, 1.54) is 0 Å². The zero-order valence-corrected chi connectivity index (χ0v) is 14.5. The van der Waals surface area contributed by atoms with E-state index in [-0.39, 0.29) is 6.42 Å². The molecule has 6 heteroatoms. The first-order chi connectivity index (χ1) is 11.3. The SMILES string of the molecule is CN(C)c1cccc(-c2cccc(OSCCCC(F)(F)F)c2)c1. The molecular weight excluding hydrogens is 335 g/mol. The third-order valence-electron chi connectivity index (χ3n) is 3.37. The van der Waals surface area contributed by atoms with E-state index in [0.717, 1.165) is 28.9 Å². The van der Waals surface area contributed by atoms with Gasteiger partial charge in [-0.15, -0.1) is 0 Å². The molecule has 24 heavy (non-hydrogen) atoms. The normalized spacial score (nSPS) is 11.4. The van der Waals surface area contributed by atoms with Crippen LogP contribution in [-0.2, 0) is 0 Å². The van der Waals surface area contributed by atoms with Crippen molar-refractivity contribution in [1.82, 2.24) is 0 Å². The predicted molar refractivity (Wildman–Crippen MR) is 94.6 cm³/mol. The number of anilines is 1. The smallest absolute Gasteiger partial charge is 0.389 e. The van der Waals surface area contributed by atoms with Crippen molar-refractivity contribution in [1.29, 1.82) is 0 Å². The van der Waals surface area contributed by atoms with Gasteiger partial charge in [-0.2, -0.15) is 13.2 Å². The van der Waals surface area contributed by atoms with Crippen molar-refractivity contribution in [3.8, 4) is 16.9 Å². The van der Waals surface area contributed by atoms with Crippen LogP contribution in [0.5, 0.6) is 5.75 Å². The highest BCUT2D eigenvalue weighted by atomic mass is 32.2. The molecular formula is C18H20F3NOS. The molecule has 130 valence electrons. The molecule has 0 bridgehead atoms. The van der Waals surface area contributed by atoms with Crippen molar-refractivity contribution < 1.29 is 17.4 Å². The second-order valence-corrected chi connectivity index (χ2v) is 6.41. The Morgan fingerprint density at radius 2 is 1.67 bits per heavy atom. The minimum atomic E-state index is -4.10. The van der Waals surface area contributed by atoms with Crippen molar-refractivity contribution in [2.45, 2.75) is 19.0 Å². The average Bonchev–Trinajstić information content (AvgIpc) is 2.54. The van der Waals surface area contributed by atoms with Crippen LogP contribution >= 0.6 is 12.0 Å². The maximum absolute atomic E-state index is 12.1. The summed E-state index contributed by atoms with van der Waals surface area (Å²) in [4.78, 5) is 2.03. The minimum absolute atomic E-state index is 0.0543. The van der Waals surface area contributed by atoms with Crippen molar-refractivity contribution in [2.24, 2.45) is 0 Å². The molecule has 0 spiro atoms. The van der Waals surface area contributed by atoms with Crippen LogP contribution < -0.4 is 9.08 Å². The highest BCUT2D eigenvalue weighted by Crippen LogP contribution is 2.29. The quantitative estimate of drug-likeness (QED) is 0.461. The van der Waals surface area contributed by atoms with Gasteiger partial charge in [0.25, 0.3) is 0 Å². The Labute approximate surface area is 144 Å². The summed E-state index contributed by atoms with van der Waals surface area (Å²) in [7, 11) is 3.96. The Hall–Kier alpha value is -1.82. The predicted octanol–water partition coefficient (Wildman–Crippen LogP) is 5.79. The lowest BCUT2D eigenvalue weighted by atomic mass is 10.0. The molecule has 0 unspecified atom stereocenters. The van der Waals surface area contributed by atoms with E-state index >= 15 is 0 Å². The van der Waals surface area contributed by atoms with Gasteiger partial charge in [0, 0.05) is 32.0 Å². The molecule has 0 saturated heterocycles. The van der Waals surface area contributed by atoms with Crippen LogP contribution in [0.25, 0.3) is 11.1 Å². The van der Waals surface area contributed by atoms with Gasteiger partial charge in [0.05, 0.1) is 12.0 Å². The van der Waals surface area contributed by atoms with Gasteiger partial charge in [-0.3, -0.25) is 0 Å². The lowest BCUT2D eigenvalue weighted by molar-refractivity contribution is -0.134. The molecule has 2 nitrogen and oxygen atoms in total. The van der Waals surface area contributed by atoms with Crippen LogP contribution in [0.2, 0.25) is 0 Å². The van der Waals surface area contributed by atoms with Gasteiger partial charge in [0.15, 0.2) is 0 Å². The summed E-state index contributed by atoms with van der Waals surface area (Å²) < 4.78 is 41.7. The van der Waals surface area contributed by atoms with Crippen molar-refractivity contribution in [2.75, 3.05) is 24.7 Å². The zero-order chi connectivity index (χ0) is 17.6. The Morgan fingerprint density at radius 3 is 2.33 bits per heavy atom. The molecule has 0 heterocycles. The Balaban J connectivity index is 1.95. The summed E-state index contributed by atoms with van der Waals surface area (Å²) in [6.45, 7) is 0. The topological polar surface area (TPSA) is 12.5 Å². The second kappa shape index (κ2) is 8.33. The standard InChI is InChI=1S/C18H20F3NOS/c1-22(2)16-8-3-6-14(12-16)15-7-4-9-17(13-15)23-24-11-5-10-18(19,20)21/h3-4,6-9,12-13H,5,10-11H2,1-2H3. The van der Waals surface area contributed by atoms with E-state index in [1.54, 1.807) is 6.07 Å². The first-order valence-electron chi connectivity index (χ1n) is 7.59. The molecule has 0 saturated carbocycles. The van der Waals surface area contributed by atoms with Crippen molar-refractivity contribution in [3.63, 3.8) is 0 Å². The number of halogens is 3. The summed E-state index contributed by atoms with van der Waals surface area (Å²) in [5, 5.41) is 0. The summed E-state index contributed by atoms with van der Waals surface area (Å²) in [6, 6.07) is 15.7. The fraction of sp³-hybridized carbons (Fsp3) is 0.333. The molecule has 0 aliphatic carbocycles. The molecule has 0 aliphatic rings. The molecule has 2 rings (SSSR count). The third kappa shape index (κ3) is 6.00. The molecule has 0 aliphatic heterocycles. The van der Waals surface area contributed by atoms with Gasteiger partial charge >= 0.3 is 6.18 Å². The fourth-order valence-corrected chi connectivity index (χ4v) is 2.72. The molecule has 0 N–H and O–H groups in total. The summed E-state index contributed by atoms with van der Waals surface area (Å²) >= 11 is 1.05. The molecule has 0 amide bonds. The number of hydrogen-bond donors (Lipinski definition) is 0. The van der Waals surface area contributed by atoms with E-state index in [1.807, 2.05) is 55.4 Å². The fourth-order valence-electron chi connectivity index (χ4n) is 2.13. The number of rotatable bonds is 7. The van der Waals surface area contributed by atoms with Gasteiger partial charge in [0.2, 0.25) is 0 Å². The second-order valence-electron chi connectivity index (χ2n) is 5.60. The van der Waals surface area contributed by atoms with Gasteiger partial charge in [0.1, 0.15) is 5.75 Å². The largest absolute Gasteiger partial charge is 0.426 e. The van der Waals surface area contributed by atoms with E-state index in [0.29, 0.717) is 11.5 Å². The molecule has 2 aromatic carbocycles. The van der Waals surface area contributed by atoms with Gasteiger partial charge < -0.3 is 9.08 Å². The number of hydrogen-bond acceptors (Lipinski definition) is 3. The van der Waals surface area contributed by atoms with Crippen LogP contribution in [0.3, 0.4) is 0 Å². The Kier molecular flexibility index (Phi) is 6.43. The summed E-state index contributed by atoms with van der Waals surface area (Å²) in [5.41, 5.74) is 3.17. The Morgan fingerprint density at radius 1 is 1.00 bits per heavy atom. The van der Waals surface area contributed by atoms with Crippen LogP contribution in [0.15, 0.2) is 48.5 Å². The number of benzene rings is 2. The average molecular weight is 355 g/mol. The highest BCUT2D eigenvalue weighted by molar-refractivity contribution is 7.95. The monoisotopic (exact) mass is 355 g/mol. The summed E-state index contributed by atoms with van der Waals surface area (Å²) in [6.07, 6.45) is -4.82. The van der Waals surface area contributed by atoms with Crippen LogP contribution in [0.4, 0.5) is 18.9 Å². The van der Waals surface area contributed by atoms with Crippen LogP contribution in [0.1, 0.15) is 12.8 Å². The van der Waals surface area contributed by atoms with Crippen LogP contribution in [0, 0.1) is 0 Å². The molecule has 0 fully saturated rings. The van der Waals surface area contributed by atoms with E-state index in [4.69, 9.17) is 4.18 Å². The van der Waals surface area contributed by atoms with Crippen LogP contribution in [-0.4, -0.2) is 26.0 Å². The molecule has 2 aromatic rings. The maximum atomic E-state index is 12.1. The van der Waals surface area contributed by atoms with Gasteiger partial charge in [-0.05, 0) is 41.8 Å². The van der Waals surface area contributed by atoms with E-state index in [9.17, 15) is 13.2 Å². The van der Waals surface area contributed by atoms with Crippen molar-refractivity contribution >= 4 is 17.7 Å². The van der Waals surface area contributed by atoms with Gasteiger partial charge in [-0.1, -0.05) is 24.3 Å². The zero-order valence-electron chi connectivity index (χ0n) is 13.6. The van der Waals surface area contributed by atoms with Gasteiger partial charge in [-0.25, -0.2) is 0 Å². The number of alkyl halides is 3. The van der Waals surface area contributed by atoms with E-state index in [2.05, 4.69) is 6.07 Å². The lowest BCUT2D eigenvalue weighted by Crippen LogP contribution is -2.08. The maximum Gasteiger partial charge on any atom is 0.389 e. The van der Waals surface area contributed by atoms with E-state index < -0.39 is 12.6 Å².